The zero-order chi connectivity index (χ0) is 18.4. The fourth-order valence-electron chi connectivity index (χ4n) is 2.87. The van der Waals surface area contributed by atoms with Gasteiger partial charge in [-0.2, -0.15) is 0 Å². The SMILES string of the molecule is CCCCNC(=O)C1CCN(C(=O)c2ccc(C(=O)O)cc2F)CC1. The van der Waals surface area contributed by atoms with E-state index in [4.69, 9.17) is 5.11 Å². The lowest BCUT2D eigenvalue weighted by Crippen LogP contribution is -2.43. The first-order chi connectivity index (χ1) is 11.9. The van der Waals surface area contributed by atoms with Gasteiger partial charge in [0.05, 0.1) is 11.1 Å². The first-order valence-corrected chi connectivity index (χ1v) is 8.53. The molecule has 1 aliphatic rings. The Bertz CT molecular complexity index is 654. The van der Waals surface area contributed by atoms with Crippen molar-refractivity contribution in [1.82, 2.24) is 10.2 Å². The molecule has 25 heavy (non-hydrogen) atoms. The van der Waals surface area contributed by atoms with E-state index in [1.165, 1.54) is 17.0 Å². The maximum absolute atomic E-state index is 14.0. The summed E-state index contributed by atoms with van der Waals surface area (Å²) in [7, 11) is 0. The topological polar surface area (TPSA) is 86.7 Å². The van der Waals surface area contributed by atoms with E-state index in [2.05, 4.69) is 12.2 Å². The van der Waals surface area contributed by atoms with Crippen molar-refractivity contribution < 1.29 is 23.9 Å². The third kappa shape index (κ3) is 4.78. The quantitative estimate of drug-likeness (QED) is 0.771. The minimum atomic E-state index is -1.24. The van der Waals surface area contributed by atoms with Crippen molar-refractivity contribution in [3.63, 3.8) is 0 Å². The standard InChI is InChI=1S/C18H23FN2O4/c1-2-3-8-20-16(22)12-6-9-21(10-7-12)17(23)14-5-4-13(18(24)25)11-15(14)19/h4-5,11-12H,2-3,6-10H2,1H3,(H,20,22)(H,24,25). The summed E-state index contributed by atoms with van der Waals surface area (Å²) in [5.74, 6) is -2.67. The number of hydrogen-bond acceptors (Lipinski definition) is 3. The zero-order valence-corrected chi connectivity index (χ0v) is 14.3. The maximum Gasteiger partial charge on any atom is 0.335 e. The average molecular weight is 350 g/mol. The Balaban J connectivity index is 1.93. The number of aromatic carboxylic acids is 1. The molecule has 1 aromatic rings. The molecule has 1 aliphatic heterocycles. The van der Waals surface area contributed by atoms with Gasteiger partial charge in [0.1, 0.15) is 5.82 Å². The van der Waals surface area contributed by atoms with Crippen LogP contribution in [0.4, 0.5) is 4.39 Å². The number of hydrogen-bond donors (Lipinski definition) is 2. The number of carbonyl (C=O) groups is 3. The molecule has 2 rings (SSSR count). The third-order valence-corrected chi connectivity index (χ3v) is 4.43. The number of nitrogens with zero attached hydrogens (tertiary/aromatic N) is 1. The third-order valence-electron chi connectivity index (χ3n) is 4.43. The van der Waals surface area contributed by atoms with Gasteiger partial charge in [0.25, 0.3) is 5.91 Å². The highest BCUT2D eigenvalue weighted by atomic mass is 19.1. The van der Waals surface area contributed by atoms with Gasteiger partial charge < -0.3 is 15.3 Å². The van der Waals surface area contributed by atoms with E-state index in [9.17, 15) is 18.8 Å². The summed E-state index contributed by atoms with van der Waals surface area (Å²) in [6.07, 6.45) is 3.03. The van der Waals surface area contributed by atoms with Gasteiger partial charge in [-0.25, -0.2) is 9.18 Å². The van der Waals surface area contributed by atoms with Crippen molar-refractivity contribution in [3.8, 4) is 0 Å². The number of likely N-dealkylation sites (tertiary alicyclic amines) is 1. The van der Waals surface area contributed by atoms with Crippen molar-refractivity contribution in [2.45, 2.75) is 32.6 Å². The molecule has 1 heterocycles. The molecular weight excluding hydrogens is 327 g/mol. The second kappa shape index (κ2) is 8.60. The number of carbonyl (C=O) groups excluding carboxylic acids is 2. The number of rotatable bonds is 6. The molecule has 1 saturated heterocycles. The number of benzene rings is 1. The normalized spacial score (nSPS) is 15.0. The summed E-state index contributed by atoms with van der Waals surface area (Å²) in [6.45, 7) is 3.48. The summed E-state index contributed by atoms with van der Waals surface area (Å²) >= 11 is 0. The first-order valence-electron chi connectivity index (χ1n) is 8.53. The van der Waals surface area contributed by atoms with Gasteiger partial charge in [-0.05, 0) is 37.5 Å². The Morgan fingerprint density at radius 2 is 1.96 bits per heavy atom. The molecule has 2 amide bonds. The molecule has 1 aromatic carbocycles. The van der Waals surface area contributed by atoms with Crippen molar-refractivity contribution >= 4 is 17.8 Å². The predicted octanol–water partition coefficient (Wildman–Crippen LogP) is 2.29. The molecular formula is C18H23FN2O4. The lowest BCUT2D eigenvalue weighted by molar-refractivity contribution is -0.126. The van der Waals surface area contributed by atoms with E-state index in [1.807, 2.05) is 0 Å². The van der Waals surface area contributed by atoms with Gasteiger partial charge in [0.2, 0.25) is 5.91 Å². The Hall–Kier alpha value is -2.44. The van der Waals surface area contributed by atoms with Crippen LogP contribution in [0.5, 0.6) is 0 Å². The van der Waals surface area contributed by atoms with E-state index in [0.29, 0.717) is 32.5 Å². The van der Waals surface area contributed by atoms with Gasteiger partial charge in [0, 0.05) is 25.6 Å². The fourth-order valence-corrected chi connectivity index (χ4v) is 2.87. The highest BCUT2D eigenvalue weighted by molar-refractivity contribution is 5.96. The monoisotopic (exact) mass is 350 g/mol. The smallest absolute Gasteiger partial charge is 0.335 e. The summed E-state index contributed by atoms with van der Waals surface area (Å²) in [6, 6.07) is 3.26. The molecule has 0 spiro atoms. The number of nitrogens with one attached hydrogen (secondary N) is 1. The van der Waals surface area contributed by atoms with Gasteiger partial charge >= 0.3 is 5.97 Å². The second-order valence-electron chi connectivity index (χ2n) is 6.21. The van der Waals surface area contributed by atoms with E-state index in [1.54, 1.807) is 0 Å². The highest BCUT2D eigenvalue weighted by Crippen LogP contribution is 2.21. The van der Waals surface area contributed by atoms with Gasteiger partial charge in [-0.15, -0.1) is 0 Å². The van der Waals surface area contributed by atoms with Crippen LogP contribution in [0.3, 0.4) is 0 Å². The van der Waals surface area contributed by atoms with E-state index in [0.717, 1.165) is 18.9 Å². The van der Waals surface area contributed by atoms with Gasteiger partial charge in [-0.3, -0.25) is 9.59 Å². The summed E-state index contributed by atoms with van der Waals surface area (Å²) < 4.78 is 14.0. The van der Waals surface area contributed by atoms with Crippen molar-refractivity contribution in [2.75, 3.05) is 19.6 Å². The number of amides is 2. The molecule has 0 atom stereocenters. The van der Waals surface area contributed by atoms with Crippen LogP contribution in [-0.4, -0.2) is 47.4 Å². The minimum Gasteiger partial charge on any atom is -0.478 e. The second-order valence-corrected chi connectivity index (χ2v) is 6.21. The Labute approximate surface area is 146 Å². The van der Waals surface area contributed by atoms with Crippen LogP contribution in [0.25, 0.3) is 0 Å². The largest absolute Gasteiger partial charge is 0.478 e. The van der Waals surface area contributed by atoms with E-state index < -0.39 is 17.7 Å². The Morgan fingerprint density at radius 3 is 2.52 bits per heavy atom. The molecule has 0 radical (unpaired) electrons. The highest BCUT2D eigenvalue weighted by Gasteiger charge is 2.28. The van der Waals surface area contributed by atoms with Crippen LogP contribution >= 0.6 is 0 Å². The lowest BCUT2D eigenvalue weighted by Gasteiger charge is -2.31. The van der Waals surface area contributed by atoms with Crippen molar-refractivity contribution in [3.05, 3.63) is 35.1 Å². The number of carboxylic acids is 1. The number of carboxylic acid groups (broad SMARTS) is 1. The number of halogens is 1. The Morgan fingerprint density at radius 1 is 1.28 bits per heavy atom. The lowest BCUT2D eigenvalue weighted by atomic mass is 9.95. The molecule has 0 aliphatic carbocycles. The van der Waals surface area contributed by atoms with E-state index in [-0.39, 0.29) is 23.0 Å². The zero-order valence-electron chi connectivity index (χ0n) is 14.3. The summed E-state index contributed by atoms with van der Waals surface area (Å²) in [5, 5.41) is 11.7. The molecule has 2 N–H and O–H groups in total. The summed E-state index contributed by atoms with van der Waals surface area (Å²) in [5.41, 5.74) is -0.340. The molecule has 0 bridgehead atoms. The molecule has 6 nitrogen and oxygen atoms in total. The molecule has 0 unspecified atom stereocenters. The fraction of sp³-hybridized carbons (Fsp3) is 0.500. The van der Waals surface area contributed by atoms with Crippen LogP contribution < -0.4 is 5.32 Å². The number of unbranched alkanes of at least 4 members (excludes halogenated alkanes) is 1. The van der Waals surface area contributed by atoms with Crippen LogP contribution in [0.1, 0.15) is 53.3 Å². The van der Waals surface area contributed by atoms with Gasteiger partial charge in [-0.1, -0.05) is 13.3 Å². The Kier molecular flexibility index (Phi) is 6.50. The van der Waals surface area contributed by atoms with E-state index >= 15 is 0 Å². The first kappa shape index (κ1) is 18.9. The van der Waals surface area contributed by atoms with Gasteiger partial charge in [0.15, 0.2) is 0 Å². The van der Waals surface area contributed by atoms with Crippen molar-refractivity contribution in [1.29, 1.82) is 0 Å². The minimum absolute atomic E-state index is 0.0116. The molecule has 1 fully saturated rings. The average Bonchev–Trinajstić information content (AvgIpc) is 2.61. The van der Waals surface area contributed by atoms with Crippen LogP contribution in [0.2, 0.25) is 0 Å². The van der Waals surface area contributed by atoms with Crippen LogP contribution in [0, 0.1) is 11.7 Å². The molecule has 7 heteroatoms. The summed E-state index contributed by atoms with van der Waals surface area (Å²) in [4.78, 5) is 36.8. The van der Waals surface area contributed by atoms with Crippen LogP contribution in [0.15, 0.2) is 18.2 Å². The molecule has 0 aromatic heterocycles. The predicted molar refractivity (Wildman–Crippen MR) is 89.9 cm³/mol. The molecule has 136 valence electrons. The number of piperidine rings is 1. The van der Waals surface area contributed by atoms with Crippen LogP contribution in [-0.2, 0) is 4.79 Å². The maximum atomic E-state index is 14.0. The molecule has 0 saturated carbocycles. The van der Waals surface area contributed by atoms with Crippen molar-refractivity contribution in [2.24, 2.45) is 5.92 Å².